The second kappa shape index (κ2) is 9.98. The van der Waals surface area contributed by atoms with Crippen LogP contribution in [0.5, 0.6) is 0 Å². The molecule has 0 saturated heterocycles. The molecule has 0 radical (unpaired) electrons. The number of nitrogens with one attached hydrogen (secondary N) is 2. The minimum absolute atomic E-state index is 0.127. The van der Waals surface area contributed by atoms with Crippen LogP contribution in [0, 0.1) is 13.8 Å². The molecule has 31 heavy (non-hydrogen) atoms. The highest BCUT2D eigenvalue weighted by Crippen LogP contribution is 2.21. The van der Waals surface area contributed by atoms with Crippen LogP contribution in [-0.4, -0.2) is 32.3 Å². The summed E-state index contributed by atoms with van der Waals surface area (Å²) in [6, 6.07) is 12.3. The average molecular weight is 458 g/mol. The van der Waals surface area contributed by atoms with E-state index in [0.29, 0.717) is 21.6 Å². The zero-order valence-corrected chi connectivity index (χ0v) is 19.3. The minimum atomic E-state index is -0.389. The Balaban J connectivity index is 1.59. The molecule has 0 aliphatic heterocycles. The topological polar surface area (TPSA) is 88.9 Å². The number of aryl methyl sites for hydroxylation is 2. The summed E-state index contributed by atoms with van der Waals surface area (Å²) in [6.07, 6.45) is 0. The fourth-order valence-corrected chi connectivity index (χ4v) is 3.90. The van der Waals surface area contributed by atoms with E-state index in [0.717, 1.165) is 11.3 Å². The van der Waals surface area contributed by atoms with Gasteiger partial charge in [-0.05, 0) is 56.2 Å². The minimum Gasteiger partial charge on any atom is -0.342 e. The lowest BCUT2D eigenvalue weighted by atomic mass is 10.1. The van der Waals surface area contributed by atoms with Crippen LogP contribution in [0.3, 0.4) is 0 Å². The van der Waals surface area contributed by atoms with E-state index in [-0.39, 0.29) is 23.6 Å². The summed E-state index contributed by atoms with van der Waals surface area (Å²) < 4.78 is 1.77. The van der Waals surface area contributed by atoms with Gasteiger partial charge in [0.25, 0.3) is 5.91 Å². The first-order valence-corrected chi connectivity index (χ1v) is 11.1. The van der Waals surface area contributed by atoms with E-state index in [2.05, 4.69) is 20.8 Å². The van der Waals surface area contributed by atoms with Gasteiger partial charge in [-0.3, -0.25) is 9.59 Å². The number of thioether (sulfide) groups is 1. The number of nitrogens with zero attached hydrogens (tertiary/aromatic N) is 3. The molecule has 0 aliphatic rings. The SMILES string of the molecule is Cc1ccc(NC(=O)CSc2nnc([C@H](C)NC(=O)c3ccccc3Cl)n2C)cc1C. The van der Waals surface area contributed by atoms with E-state index in [4.69, 9.17) is 11.6 Å². The van der Waals surface area contributed by atoms with Crippen molar-refractivity contribution in [3.8, 4) is 0 Å². The fraction of sp³-hybridized carbons (Fsp3) is 0.273. The maximum atomic E-state index is 12.5. The zero-order valence-electron chi connectivity index (χ0n) is 17.8. The highest BCUT2D eigenvalue weighted by molar-refractivity contribution is 7.99. The van der Waals surface area contributed by atoms with Gasteiger partial charge in [-0.2, -0.15) is 0 Å². The highest BCUT2D eigenvalue weighted by atomic mass is 35.5. The summed E-state index contributed by atoms with van der Waals surface area (Å²) in [5, 5.41) is 15.1. The van der Waals surface area contributed by atoms with Gasteiger partial charge in [0, 0.05) is 12.7 Å². The Morgan fingerprint density at radius 2 is 1.87 bits per heavy atom. The number of hydrogen-bond acceptors (Lipinski definition) is 5. The smallest absolute Gasteiger partial charge is 0.253 e. The molecule has 3 rings (SSSR count). The van der Waals surface area contributed by atoms with Crippen molar-refractivity contribution in [2.75, 3.05) is 11.1 Å². The highest BCUT2D eigenvalue weighted by Gasteiger charge is 2.20. The lowest BCUT2D eigenvalue weighted by molar-refractivity contribution is -0.113. The molecule has 0 unspecified atom stereocenters. The molecule has 2 aromatic carbocycles. The number of carbonyl (C=O) groups excluding carboxylic acids is 2. The Morgan fingerprint density at radius 1 is 1.13 bits per heavy atom. The first kappa shape index (κ1) is 22.8. The third kappa shape index (κ3) is 5.65. The molecule has 1 aromatic heterocycles. The Bertz CT molecular complexity index is 1120. The molecule has 1 heterocycles. The van der Waals surface area contributed by atoms with Gasteiger partial charge >= 0.3 is 0 Å². The third-order valence-corrected chi connectivity index (χ3v) is 6.19. The number of anilines is 1. The first-order valence-electron chi connectivity index (χ1n) is 9.71. The predicted octanol–water partition coefficient (Wildman–Crippen LogP) is 4.31. The monoisotopic (exact) mass is 457 g/mol. The quantitative estimate of drug-likeness (QED) is 0.516. The number of halogens is 1. The van der Waals surface area contributed by atoms with E-state index in [1.807, 2.05) is 39.0 Å². The van der Waals surface area contributed by atoms with Crippen LogP contribution in [0.2, 0.25) is 5.02 Å². The van der Waals surface area contributed by atoms with Crippen LogP contribution >= 0.6 is 23.4 Å². The second-order valence-corrected chi connectivity index (χ2v) is 8.56. The maximum Gasteiger partial charge on any atom is 0.253 e. The van der Waals surface area contributed by atoms with Crippen molar-refractivity contribution < 1.29 is 9.59 Å². The zero-order chi connectivity index (χ0) is 22.5. The maximum absolute atomic E-state index is 12.5. The number of amides is 2. The Hall–Kier alpha value is -2.84. The van der Waals surface area contributed by atoms with Crippen molar-refractivity contribution in [1.29, 1.82) is 0 Å². The van der Waals surface area contributed by atoms with E-state index in [9.17, 15) is 9.59 Å². The molecule has 2 N–H and O–H groups in total. The van der Waals surface area contributed by atoms with Crippen LogP contribution in [0.15, 0.2) is 47.6 Å². The van der Waals surface area contributed by atoms with E-state index >= 15 is 0 Å². The Morgan fingerprint density at radius 3 is 2.58 bits per heavy atom. The van der Waals surface area contributed by atoms with E-state index in [1.165, 1.54) is 17.3 Å². The van der Waals surface area contributed by atoms with Gasteiger partial charge in [0.05, 0.1) is 22.4 Å². The molecule has 0 aliphatic carbocycles. The lowest BCUT2D eigenvalue weighted by Crippen LogP contribution is -2.28. The molecule has 0 spiro atoms. The van der Waals surface area contributed by atoms with Crippen LogP contribution in [0.4, 0.5) is 5.69 Å². The summed E-state index contributed by atoms with van der Waals surface area (Å²) in [5.74, 6) is 0.359. The molecule has 1 atom stereocenters. The van der Waals surface area contributed by atoms with Gasteiger partial charge in [-0.15, -0.1) is 10.2 Å². The molecular weight excluding hydrogens is 434 g/mol. The molecule has 3 aromatic rings. The van der Waals surface area contributed by atoms with Crippen LogP contribution in [-0.2, 0) is 11.8 Å². The summed E-state index contributed by atoms with van der Waals surface area (Å²) in [5.41, 5.74) is 3.46. The standard InChI is InChI=1S/C22H24ClN5O2S/c1-13-9-10-16(11-14(13)2)25-19(29)12-31-22-27-26-20(28(22)4)15(3)24-21(30)17-7-5-6-8-18(17)23/h5-11,15H,12H2,1-4H3,(H,24,30)(H,25,29)/t15-/m0/s1. The fourth-order valence-electron chi connectivity index (χ4n) is 2.96. The molecular formula is C22H24ClN5O2S. The van der Waals surface area contributed by atoms with Gasteiger partial charge in [-0.25, -0.2) is 0 Å². The average Bonchev–Trinajstić information content (AvgIpc) is 3.10. The summed E-state index contributed by atoms with van der Waals surface area (Å²) in [6.45, 7) is 5.85. The van der Waals surface area contributed by atoms with Gasteiger partial charge in [0.2, 0.25) is 5.91 Å². The number of carbonyl (C=O) groups is 2. The van der Waals surface area contributed by atoms with Crippen LogP contribution < -0.4 is 10.6 Å². The number of rotatable bonds is 7. The lowest BCUT2D eigenvalue weighted by Gasteiger charge is -2.14. The molecule has 0 saturated carbocycles. The summed E-state index contributed by atoms with van der Waals surface area (Å²) in [4.78, 5) is 24.8. The van der Waals surface area contributed by atoms with Crippen molar-refractivity contribution >= 4 is 40.9 Å². The summed E-state index contributed by atoms with van der Waals surface area (Å²) >= 11 is 7.38. The van der Waals surface area contributed by atoms with Gasteiger partial charge in [-0.1, -0.05) is 41.6 Å². The molecule has 9 heteroatoms. The van der Waals surface area contributed by atoms with Crippen molar-refractivity contribution in [1.82, 2.24) is 20.1 Å². The number of aromatic nitrogens is 3. The molecule has 0 fully saturated rings. The second-order valence-electron chi connectivity index (χ2n) is 7.21. The van der Waals surface area contributed by atoms with Crippen molar-refractivity contribution in [2.45, 2.75) is 32.0 Å². The van der Waals surface area contributed by atoms with Crippen molar-refractivity contribution in [3.63, 3.8) is 0 Å². The number of benzene rings is 2. The molecule has 2 amide bonds. The normalized spacial score (nSPS) is 11.8. The Kier molecular flexibility index (Phi) is 7.35. The molecule has 7 nitrogen and oxygen atoms in total. The van der Waals surface area contributed by atoms with Crippen molar-refractivity contribution in [3.05, 3.63) is 70.0 Å². The van der Waals surface area contributed by atoms with Crippen LogP contribution in [0.1, 0.15) is 40.3 Å². The first-order chi connectivity index (χ1) is 14.8. The van der Waals surface area contributed by atoms with E-state index < -0.39 is 0 Å². The van der Waals surface area contributed by atoms with Crippen molar-refractivity contribution in [2.24, 2.45) is 7.05 Å². The molecule has 162 valence electrons. The third-order valence-electron chi connectivity index (χ3n) is 4.84. The van der Waals surface area contributed by atoms with Gasteiger partial charge in [0.15, 0.2) is 11.0 Å². The molecule has 0 bridgehead atoms. The van der Waals surface area contributed by atoms with E-state index in [1.54, 1.807) is 35.9 Å². The predicted molar refractivity (Wildman–Crippen MR) is 124 cm³/mol. The Labute approximate surface area is 190 Å². The number of hydrogen-bond donors (Lipinski definition) is 2. The summed E-state index contributed by atoms with van der Waals surface area (Å²) in [7, 11) is 1.80. The largest absolute Gasteiger partial charge is 0.342 e. The van der Waals surface area contributed by atoms with Crippen LogP contribution in [0.25, 0.3) is 0 Å². The van der Waals surface area contributed by atoms with Gasteiger partial charge < -0.3 is 15.2 Å². The van der Waals surface area contributed by atoms with Gasteiger partial charge in [0.1, 0.15) is 0 Å².